The van der Waals surface area contributed by atoms with Crippen LogP contribution >= 0.6 is 0 Å². The molecule has 0 bridgehead atoms. The van der Waals surface area contributed by atoms with Crippen LogP contribution in [0, 0.1) is 0 Å². The molecule has 1 aliphatic heterocycles. The van der Waals surface area contributed by atoms with Gasteiger partial charge in [-0.2, -0.15) is 0 Å². The molecule has 86 valence electrons. The normalized spacial score (nSPS) is 25.4. The quantitative estimate of drug-likeness (QED) is 0.785. The summed E-state index contributed by atoms with van der Waals surface area (Å²) in [7, 11) is 0. The van der Waals surface area contributed by atoms with Gasteiger partial charge in [0.15, 0.2) is 5.60 Å². The lowest BCUT2D eigenvalue weighted by Gasteiger charge is -2.37. The van der Waals surface area contributed by atoms with Gasteiger partial charge in [0.05, 0.1) is 6.54 Å². The van der Waals surface area contributed by atoms with Crippen LogP contribution in [0.4, 0.5) is 5.69 Å². The van der Waals surface area contributed by atoms with E-state index in [2.05, 4.69) is 0 Å². The number of carbonyl (C=O) groups is 1. The molecule has 1 aromatic carbocycles. The highest BCUT2D eigenvalue weighted by molar-refractivity contribution is 5.78. The van der Waals surface area contributed by atoms with E-state index in [0.717, 1.165) is 12.2 Å². The summed E-state index contributed by atoms with van der Waals surface area (Å²) in [5.74, 6) is -1.13. The number of carboxylic acid groups (broad SMARTS) is 1. The van der Waals surface area contributed by atoms with Crippen molar-refractivity contribution in [3.63, 3.8) is 0 Å². The van der Waals surface area contributed by atoms with Gasteiger partial charge >= 0.3 is 5.97 Å². The number of anilines is 1. The highest BCUT2D eigenvalue weighted by Crippen LogP contribution is 2.25. The van der Waals surface area contributed by atoms with Gasteiger partial charge in [-0.25, -0.2) is 4.79 Å². The summed E-state index contributed by atoms with van der Waals surface area (Å²) >= 11 is 0. The molecule has 1 heterocycles. The Morgan fingerprint density at radius 3 is 2.62 bits per heavy atom. The zero-order chi connectivity index (χ0) is 11.6. The molecule has 1 aromatic rings. The predicted molar refractivity (Wildman–Crippen MR) is 60.5 cm³/mol. The number of para-hydroxylation sites is 1. The molecule has 16 heavy (non-hydrogen) atoms. The van der Waals surface area contributed by atoms with Gasteiger partial charge in [0, 0.05) is 12.2 Å². The van der Waals surface area contributed by atoms with Gasteiger partial charge in [0.1, 0.15) is 0 Å². The van der Waals surface area contributed by atoms with Crippen molar-refractivity contribution in [1.29, 1.82) is 0 Å². The standard InChI is InChI=1S/C12H15NO3/c14-11(15)12(16)7-4-8-13(9-12)10-5-2-1-3-6-10/h1-3,5-6,16H,4,7-9H2,(H,14,15). The number of hydrogen-bond donors (Lipinski definition) is 2. The fourth-order valence-electron chi connectivity index (χ4n) is 2.07. The molecule has 2 rings (SSSR count). The molecule has 0 radical (unpaired) electrons. The van der Waals surface area contributed by atoms with Crippen LogP contribution in [0.2, 0.25) is 0 Å². The Kier molecular flexibility index (Phi) is 2.83. The van der Waals surface area contributed by atoms with Crippen molar-refractivity contribution in [3.8, 4) is 0 Å². The third kappa shape index (κ3) is 2.02. The average Bonchev–Trinajstić information content (AvgIpc) is 2.30. The van der Waals surface area contributed by atoms with Crippen LogP contribution < -0.4 is 4.90 Å². The Hall–Kier alpha value is -1.55. The summed E-state index contributed by atoms with van der Waals surface area (Å²) in [4.78, 5) is 12.9. The maximum absolute atomic E-state index is 11.0. The summed E-state index contributed by atoms with van der Waals surface area (Å²) < 4.78 is 0. The number of β-amino-alcohol motifs (C(OH)–C–C–N with tert-alkyl or cyclic N) is 1. The van der Waals surface area contributed by atoms with Crippen molar-refractivity contribution in [2.75, 3.05) is 18.0 Å². The fourth-order valence-corrected chi connectivity index (χ4v) is 2.07. The van der Waals surface area contributed by atoms with Gasteiger partial charge in [-0.15, -0.1) is 0 Å². The third-order valence-corrected chi connectivity index (χ3v) is 2.99. The summed E-state index contributed by atoms with van der Waals surface area (Å²) in [5.41, 5.74) is -0.643. The minimum absolute atomic E-state index is 0.159. The maximum atomic E-state index is 11.0. The lowest BCUT2D eigenvalue weighted by atomic mass is 9.92. The number of nitrogens with zero attached hydrogens (tertiary/aromatic N) is 1. The van der Waals surface area contributed by atoms with Gasteiger partial charge < -0.3 is 15.1 Å². The molecule has 0 spiro atoms. The third-order valence-electron chi connectivity index (χ3n) is 2.99. The van der Waals surface area contributed by atoms with Crippen molar-refractivity contribution in [3.05, 3.63) is 30.3 Å². The average molecular weight is 221 g/mol. The van der Waals surface area contributed by atoms with Gasteiger partial charge in [-0.05, 0) is 25.0 Å². The molecule has 0 aromatic heterocycles. The van der Waals surface area contributed by atoms with Crippen molar-refractivity contribution in [1.82, 2.24) is 0 Å². The monoisotopic (exact) mass is 221 g/mol. The molecule has 2 N–H and O–H groups in total. The van der Waals surface area contributed by atoms with Crippen LogP contribution in [0.5, 0.6) is 0 Å². The lowest BCUT2D eigenvalue weighted by Crippen LogP contribution is -2.53. The minimum atomic E-state index is -1.60. The van der Waals surface area contributed by atoms with Crippen LogP contribution in [0.15, 0.2) is 30.3 Å². The first-order chi connectivity index (χ1) is 7.62. The highest BCUT2D eigenvalue weighted by Gasteiger charge is 2.40. The highest BCUT2D eigenvalue weighted by atomic mass is 16.4. The molecule has 0 aliphatic carbocycles. The van der Waals surface area contributed by atoms with E-state index in [-0.39, 0.29) is 6.54 Å². The van der Waals surface area contributed by atoms with E-state index >= 15 is 0 Å². The largest absolute Gasteiger partial charge is 0.479 e. The number of rotatable bonds is 2. The summed E-state index contributed by atoms with van der Waals surface area (Å²) in [6.45, 7) is 0.950. The van der Waals surface area contributed by atoms with Crippen LogP contribution in [0.3, 0.4) is 0 Å². The number of piperidine rings is 1. The molecule has 4 nitrogen and oxygen atoms in total. The van der Waals surface area contributed by atoms with E-state index in [9.17, 15) is 9.90 Å². The molecule has 0 saturated carbocycles. The van der Waals surface area contributed by atoms with Crippen molar-refractivity contribution < 1.29 is 15.0 Å². The Bertz CT molecular complexity index is 379. The molecular weight excluding hydrogens is 206 g/mol. The SMILES string of the molecule is O=C(O)C1(O)CCCN(c2ccccc2)C1. The van der Waals surface area contributed by atoms with E-state index in [1.807, 2.05) is 35.2 Å². The van der Waals surface area contributed by atoms with E-state index in [1.165, 1.54) is 0 Å². The first-order valence-electron chi connectivity index (χ1n) is 5.38. The molecule has 1 unspecified atom stereocenters. The predicted octanol–water partition coefficient (Wildman–Crippen LogP) is 1.10. The second-order valence-electron chi connectivity index (χ2n) is 4.20. The smallest absolute Gasteiger partial charge is 0.337 e. The number of carboxylic acids is 1. The van der Waals surface area contributed by atoms with E-state index in [1.54, 1.807) is 0 Å². The fraction of sp³-hybridized carbons (Fsp3) is 0.417. The lowest BCUT2D eigenvalue weighted by molar-refractivity contribution is -0.159. The summed E-state index contributed by atoms with van der Waals surface area (Å²) in [5, 5.41) is 18.9. The van der Waals surface area contributed by atoms with Gasteiger partial charge in [-0.1, -0.05) is 18.2 Å². The number of hydrogen-bond acceptors (Lipinski definition) is 3. The first kappa shape index (κ1) is 11.0. The van der Waals surface area contributed by atoms with Gasteiger partial charge in [0.2, 0.25) is 0 Å². The Labute approximate surface area is 94.1 Å². The van der Waals surface area contributed by atoms with Crippen molar-refractivity contribution >= 4 is 11.7 Å². The van der Waals surface area contributed by atoms with E-state index in [4.69, 9.17) is 5.11 Å². The Morgan fingerprint density at radius 2 is 2.00 bits per heavy atom. The van der Waals surface area contributed by atoms with Crippen molar-refractivity contribution in [2.45, 2.75) is 18.4 Å². The Balaban J connectivity index is 2.17. The number of aliphatic carboxylic acids is 1. The van der Waals surface area contributed by atoms with Gasteiger partial charge in [-0.3, -0.25) is 0 Å². The second-order valence-corrected chi connectivity index (χ2v) is 4.20. The summed E-state index contributed by atoms with van der Waals surface area (Å²) in [6, 6.07) is 9.57. The van der Waals surface area contributed by atoms with Gasteiger partial charge in [0.25, 0.3) is 0 Å². The number of aliphatic hydroxyl groups is 1. The minimum Gasteiger partial charge on any atom is -0.479 e. The van der Waals surface area contributed by atoms with Crippen LogP contribution in [0.1, 0.15) is 12.8 Å². The van der Waals surface area contributed by atoms with Crippen molar-refractivity contribution in [2.24, 2.45) is 0 Å². The van der Waals surface area contributed by atoms with E-state index < -0.39 is 11.6 Å². The van der Waals surface area contributed by atoms with Crippen LogP contribution in [-0.4, -0.2) is 34.9 Å². The molecule has 1 saturated heterocycles. The molecular formula is C12H15NO3. The molecule has 4 heteroatoms. The zero-order valence-corrected chi connectivity index (χ0v) is 8.97. The number of benzene rings is 1. The van der Waals surface area contributed by atoms with Crippen LogP contribution in [-0.2, 0) is 4.79 Å². The maximum Gasteiger partial charge on any atom is 0.337 e. The summed E-state index contributed by atoms with van der Waals surface area (Å²) in [6.07, 6.45) is 1.02. The Morgan fingerprint density at radius 1 is 1.31 bits per heavy atom. The molecule has 1 atom stereocenters. The molecule has 1 aliphatic rings. The van der Waals surface area contributed by atoms with Crippen LogP contribution in [0.25, 0.3) is 0 Å². The van der Waals surface area contributed by atoms with E-state index in [0.29, 0.717) is 12.8 Å². The zero-order valence-electron chi connectivity index (χ0n) is 8.97. The second kappa shape index (κ2) is 4.14. The topological polar surface area (TPSA) is 60.8 Å². The molecule has 0 amide bonds. The first-order valence-corrected chi connectivity index (χ1v) is 5.38. The molecule has 1 fully saturated rings.